The van der Waals surface area contributed by atoms with Gasteiger partial charge in [-0.2, -0.15) is 0 Å². The molecule has 2 N–H and O–H groups in total. The second kappa shape index (κ2) is 4.88. The van der Waals surface area contributed by atoms with Gasteiger partial charge in [-0.15, -0.1) is 23.1 Å². The quantitative estimate of drug-likeness (QED) is 0.871. The number of amides is 1. The van der Waals surface area contributed by atoms with Crippen molar-refractivity contribution in [3.8, 4) is 0 Å². The summed E-state index contributed by atoms with van der Waals surface area (Å²) in [6.45, 7) is 0. The SMILES string of the molecule is O=C(O)c1sccc1NC(=O)C1CCCS1. The zero-order valence-corrected chi connectivity index (χ0v) is 10.1. The number of carbonyl (C=O) groups excluding carboxylic acids is 1. The Labute approximate surface area is 101 Å². The van der Waals surface area contributed by atoms with E-state index in [0.29, 0.717) is 5.69 Å². The number of thioether (sulfide) groups is 1. The predicted octanol–water partition coefficient (Wildman–Crippen LogP) is 2.28. The van der Waals surface area contributed by atoms with E-state index in [9.17, 15) is 9.59 Å². The number of anilines is 1. The van der Waals surface area contributed by atoms with E-state index in [2.05, 4.69) is 5.32 Å². The molecule has 1 aromatic heterocycles. The van der Waals surface area contributed by atoms with Crippen LogP contribution in [-0.4, -0.2) is 28.0 Å². The van der Waals surface area contributed by atoms with Crippen LogP contribution in [0, 0.1) is 0 Å². The molecule has 1 fully saturated rings. The summed E-state index contributed by atoms with van der Waals surface area (Å²) in [7, 11) is 0. The number of rotatable bonds is 3. The maximum absolute atomic E-state index is 11.8. The third kappa shape index (κ3) is 2.38. The van der Waals surface area contributed by atoms with Crippen LogP contribution in [0.4, 0.5) is 5.69 Å². The average Bonchev–Trinajstić information content (AvgIpc) is 2.86. The van der Waals surface area contributed by atoms with Gasteiger partial charge in [0.1, 0.15) is 4.88 Å². The van der Waals surface area contributed by atoms with Crippen molar-refractivity contribution in [1.29, 1.82) is 0 Å². The minimum atomic E-state index is -0.996. The number of carboxylic acids is 1. The summed E-state index contributed by atoms with van der Waals surface area (Å²) in [4.78, 5) is 22.8. The van der Waals surface area contributed by atoms with Crippen molar-refractivity contribution in [2.24, 2.45) is 0 Å². The van der Waals surface area contributed by atoms with E-state index in [1.54, 1.807) is 23.2 Å². The van der Waals surface area contributed by atoms with Crippen molar-refractivity contribution in [2.45, 2.75) is 18.1 Å². The summed E-state index contributed by atoms with van der Waals surface area (Å²) in [5, 5.41) is 13.2. The number of carbonyl (C=O) groups is 2. The molecule has 1 aliphatic rings. The fourth-order valence-electron chi connectivity index (χ4n) is 1.57. The number of nitrogens with one attached hydrogen (secondary N) is 1. The Hall–Kier alpha value is -1.01. The highest BCUT2D eigenvalue weighted by atomic mass is 32.2. The lowest BCUT2D eigenvalue weighted by atomic mass is 10.2. The van der Waals surface area contributed by atoms with Crippen LogP contribution in [0.3, 0.4) is 0 Å². The number of carboxylic acid groups (broad SMARTS) is 1. The van der Waals surface area contributed by atoms with E-state index < -0.39 is 5.97 Å². The fourth-order valence-corrected chi connectivity index (χ4v) is 3.42. The Kier molecular flexibility index (Phi) is 3.50. The van der Waals surface area contributed by atoms with Gasteiger partial charge in [-0.3, -0.25) is 4.79 Å². The Morgan fingerprint density at radius 1 is 1.50 bits per heavy atom. The highest BCUT2D eigenvalue weighted by molar-refractivity contribution is 8.00. The second-order valence-corrected chi connectivity index (χ2v) is 5.69. The lowest BCUT2D eigenvalue weighted by Crippen LogP contribution is -2.23. The zero-order chi connectivity index (χ0) is 11.5. The summed E-state index contributed by atoms with van der Waals surface area (Å²) >= 11 is 2.75. The Bertz CT molecular complexity index is 410. The maximum atomic E-state index is 11.8. The third-order valence-electron chi connectivity index (χ3n) is 2.34. The van der Waals surface area contributed by atoms with Crippen LogP contribution in [0.15, 0.2) is 11.4 Å². The molecular weight excluding hydrogens is 246 g/mol. The van der Waals surface area contributed by atoms with Crippen LogP contribution < -0.4 is 5.32 Å². The van der Waals surface area contributed by atoms with Crippen LogP contribution in [-0.2, 0) is 4.79 Å². The molecule has 1 amide bonds. The van der Waals surface area contributed by atoms with Crippen LogP contribution in [0.2, 0.25) is 0 Å². The van der Waals surface area contributed by atoms with E-state index in [1.807, 2.05) is 0 Å². The van der Waals surface area contributed by atoms with Crippen LogP contribution in [0.5, 0.6) is 0 Å². The highest BCUT2D eigenvalue weighted by Gasteiger charge is 2.24. The molecule has 86 valence electrons. The van der Waals surface area contributed by atoms with Crippen molar-refractivity contribution in [1.82, 2.24) is 0 Å². The van der Waals surface area contributed by atoms with Crippen LogP contribution >= 0.6 is 23.1 Å². The van der Waals surface area contributed by atoms with Gasteiger partial charge in [0.15, 0.2) is 0 Å². The predicted molar refractivity (Wildman–Crippen MR) is 65.4 cm³/mol. The minimum absolute atomic E-state index is 0.0263. The molecule has 2 heterocycles. The van der Waals surface area contributed by atoms with E-state index >= 15 is 0 Å². The van der Waals surface area contributed by atoms with Gasteiger partial charge in [-0.25, -0.2) is 4.79 Å². The molecule has 0 aromatic carbocycles. The van der Waals surface area contributed by atoms with Crippen LogP contribution in [0.25, 0.3) is 0 Å². The summed E-state index contributed by atoms with van der Waals surface area (Å²) in [5.41, 5.74) is 0.412. The Morgan fingerprint density at radius 2 is 2.31 bits per heavy atom. The second-order valence-electron chi connectivity index (χ2n) is 3.46. The molecule has 1 saturated heterocycles. The largest absolute Gasteiger partial charge is 0.477 e. The number of hydrogen-bond donors (Lipinski definition) is 2. The Balaban J connectivity index is 2.05. The summed E-state index contributed by atoms with van der Waals surface area (Å²) in [6, 6.07) is 1.63. The molecular formula is C10H11NO3S2. The average molecular weight is 257 g/mol. The first-order chi connectivity index (χ1) is 7.68. The summed E-state index contributed by atoms with van der Waals surface area (Å²) in [6.07, 6.45) is 1.93. The lowest BCUT2D eigenvalue weighted by Gasteiger charge is -2.09. The van der Waals surface area contributed by atoms with Crippen LogP contribution in [0.1, 0.15) is 22.5 Å². The van der Waals surface area contributed by atoms with Gasteiger partial charge >= 0.3 is 5.97 Å². The zero-order valence-electron chi connectivity index (χ0n) is 8.43. The number of aromatic carboxylic acids is 1. The molecule has 16 heavy (non-hydrogen) atoms. The van der Waals surface area contributed by atoms with Crippen molar-refractivity contribution < 1.29 is 14.7 Å². The molecule has 1 aromatic rings. The molecule has 2 rings (SSSR count). The lowest BCUT2D eigenvalue weighted by molar-refractivity contribution is -0.115. The van der Waals surface area contributed by atoms with E-state index in [4.69, 9.17) is 5.11 Å². The number of hydrogen-bond acceptors (Lipinski definition) is 4. The van der Waals surface area contributed by atoms with Gasteiger partial charge in [0.2, 0.25) is 5.91 Å². The molecule has 0 spiro atoms. The summed E-state index contributed by atoms with van der Waals surface area (Å²) in [5.74, 6) is -0.0687. The van der Waals surface area contributed by atoms with Crippen molar-refractivity contribution >= 4 is 40.7 Å². The first-order valence-electron chi connectivity index (χ1n) is 4.91. The van der Waals surface area contributed by atoms with E-state index in [-0.39, 0.29) is 16.0 Å². The molecule has 4 nitrogen and oxygen atoms in total. The minimum Gasteiger partial charge on any atom is -0.477 e. The van der Waals surface area contributed by atoms with Gasteiger partial charge in [0.25, 0.3) is 0 Å². The molecule has 6 heteroatoms. The van der Waals surface area contributed by atoms with E-state index in [0.717, 1.165) is 29.9 Å². The van der Waals surface area contributed by atoms with Gasteiger partial charge in [0, 0.05) is 0 Å². The molecule has 0 bridgehead atoms. The molecule has 0 radical (unpaired) electrons. The summed E-state index contributed by atoms with van der Waals surface area (Å²) < 4.78 is 0. The van der Waals surface area contributed by atoms with Gasteiger partial charge in [-0.05, 0) is 30.0 Å². The van der Waals surface area contributed by atoms with Crippen molar-refractivity contribution in [3.05, 3.63) is 16.3 Å². The number of thiophene rings is 1. The van der Waals surface area contributed by atoms with Gasteiger partial charge in [0.05, 0.1) is 10.9 Å². The fraction of sp³-hybridized carbons (Fsp3) is 0.400. The molecule has 0 aliphatic carbocycles. The van der Waals surface area contributed by atoms with E-state index in [1.165, 1.54) is 0 Å². The first kappa shape index (κ1) is 11.5. The van der Waals surface area contributed by atoms with Gasteiger partial charge < -0.3 is 10.4 Å². The Morgan fingerprint density at radius 3 is 2.94 bits per heavy atom. The monoisotopic (exact) mass is 257 g/mol. The normalized spacial score (nSPS) is 19.6. The smallest absolute Gasteiger partial charge is 0.348 e. The molecule has 1 unspecified atom stereocenters. The maximum Gasteiger partial charge on any atom is 0.348 e. The topological polar surface area (TPSA) is 66.4 Å². The van der Waals surface area contributed by atoms with Gasteiger partial charge in [-0.1, -0.05) is 0 Å². The molecule has 0 saturated carbocycles. The molecule has 1 aliphatic heterocycles. The standard InChI is InChI=1S/C10H11NO3S2/c12-9(7-2-1-4-15-7)11-6-3-5-16-8(6)10(13)14/h3,5,7H,1-2,4H2,(H,11,12)(H,13,14). The van der Waals surface area contributed by atoms with Crippen molar-refractivity contribution in [2.75, 3.05) is 11.1 Å². The third-order valence-corrected chi connectivity index (χ3v) is 4.62. The molecule has 1 atom stereocenters. The first-order valence-corrected chi connectivity index (χ1v) is 6.84. The van der Waals surface area contributed by atoms with Crippen molar-refractivity contribution in [3.63, 3.8) is 0 Å². The highest BCUT2D eigenvalue weighted by Crippen LogP contribution is 2.28.